The van der Waals surface area contributed by atoms with Crippen molar-refractivity contribution >= 4 is 11.7 Å². The Labute approximate surface area is 159 Å². The Kier molecular flexibility index (Phi) is 6.46. The quantitative estimate of drug-likeness (QED) is 0.695. The third-order valence-corrected chi connectivity index (χ3v) is 4.50. The van der Waals surface area contributed by atoms with Gasteiger partial charge in [-0.2, -0.15) is 0 Å². The molecule has 0 radical (unpaired) electrons. The third-order valence-electron chi connectivity index (χ3n) is 4.50. The van der Waals surface area contributed by atoms with E-state index in [1.165, 1.54) is 12.8 Å². The van der Waals surface area contributed by atoms with Gasteiger partial charge in [0.05, 0.1) is 13.7 Å². The molecule has 27 heavy (non-hydrogen) atoms. The van der Waals surface area contributed by atoms with Crippen molar-refractivity contribution in [1.29, 1.82) is 0 Å². The average molecular weight is 370 g/mol. The number of methoxy groups -OCH3 is 1. The van der Waals surface area contributed by atoms with Crippen molar-refractivity contribution in [3.8, 4) is 11.5 Å². The molecule has 0 aliphatic heterocycles. The maximum Gasteiger partial charge on any atom is 0.270 e. The van der Waals surface area contributed by atoms with Gasteiger partial charge in [-0.05, 0) is 44.0 Å². The van der Waals surface area contributed by atoms with E-state index in [0.717, 1.165) is 24.3 Å². The molecule has 0 bridgehead atoms. The highest BCUT2D eigenvalue weighted by molar-refractivity contribution is 5.93. The van der Waals surface area contributed by atoms with Gasteiger partial charge in [0.2, 0.25) is 0 Å². The Morgan fingerprint density at radius 3 is 2.56 bits per heavy atom. The van der Waals surface area contributed by atoms with Crippen LogP contribution in [0.25, 0.3) is 0 Å². The maximum absolute atomic E-state index is 12.4. The predicted octanol–water partition coefficient (Wildman–Crippen LogP) is 2.96. The number of anilines is 1. The number of nitrogens with zero attached hydrogens (tertiary/aromatic N) is 2. The number of hydrogen-bond donors (Lipinski definition) is 2. The summed E-state index contributed by atoms with van der Waals surface area (Å²) in [5.74, 6) is 2.61. The van der Waals surface area contributed by atoms with Crippen LogP contribution in [0.5, 0.6) is 11.5 Å². The minimum absolute atomic E-state index is 0.134. The second-order valence-corrected chi connectivity index (χ2v) is 6.59. The number of ether oxygens (including phenoxy) is 2. The third kappa shape index (κ3) is 5.57. The van der Waals surface area contributed by atoms with E-state index in [1.54, 1.807) is 20.1 Å². The number of hydrogen-bond acceptors (Lipinski definition) is 6. The Hall–Kier alpha value is -2.83. The van der Waals surface area contributed by atoms with Crippen LogP contribution in [0.15, 0.2) is 30.3 Å². The van der Waals surface area contributed by atoms with Gasteiger partial charge < -0.3 is 20.1 Å². The highest BCUT2D eigenvalue weighted by Gasteiger charge is 2.19. The van der Waals surface area contributed by atoms with Crippen LogP contribution in [-0.4, -0.2) is 42.2 Å². The van der Waals surface area contributed by atoms with Crippen LogP contribution in [0.2, 0.25) is 0 Å². The molecule has 1 fully saturated rings. The second kappa shape index (κ2) is 9.21. The fourth-order valence-electron chi connectivity index (χ4n) is 3.12. The lowest BCUT2D eigenvalue weighted by molar-refractivity contribution is 0.0932. The number of aromatic nitrogens is 2. The molecule has 1 saturated carbocycles. The summed E-state index contributed by atoms with van der Waals surface area (Å²) in [6.07, 6.45) is 4.44. The van der Waals surface area contributed by atoms with E-state index in [9.17, 15) is 4.79 Å². The van der Waals surface area contributed by atoms with Crippen molar-refractivity contribution in [2.45, 2.75) is 38.6 Å². The Morgan fingerprint density at radius 1 is 1.15 bits per heavy atom. The molecule has 1 aliphatic rings. The van der Waals surface area contributed by atoms with E-state index in [-0.39, 0.29) is 11.9 Å². The summed E-state index contributed by atoms with van der Waals surface area (Å²) in [6.45, 7) is 2.82. The minimum Gasteiger partial charge on any atom is -0.497 e. The van der Waals surface area contributed by atoms with Crippen molar-refractivity contribution < 1.29 is 14.3 Å². The SMILES string of the molecule is COc1ccc(OCCNc2cc(C(=O)NC3CCCC3)nc(C)n2)cc1. The first-order chi connectivity index (χ1) is 13.1. The molecule has 1 aromatic heterocycles. The summed E-state index contributed by atoms with van der Waals surface area (Å²) in [5.41, 5.74) is 0.396. The number of aryl methyl sites for hydroxylation is 1. The molecule has 1 aliphatic carbocycles. The summed E-state index contributed by atoms with van der Waals surface area (Å²) < 4.78 is 10.8. The van der Waals surface area contributed by atoms with Gasteiger partial charge in [0, 0.05) is 12.1 Å². The van der Waals surface area contributed by atoms with Gasteiger partial charge in [-0.1, -0.05) is 12.8 Å². The topological polar surface area (TPSA) is 85.4 Å². The van der Waals surface area contributed by atoms with Crippen LogP contribution < -0.4 is 20.1 Å². The van der Waals surface area contributed by atoms with E-state index < -0.39 is 0 Å². The van der Waals surface area contributed by atoms with Gasteiger partial charge in [-0.15, -0.1) is 0 Å². The van der Waals surface area contributed by atoms with Crippen molar-refractivity contribution in [3.05, 3.63) is 41.9 Å². The van der Waals surface area contributed by atoms with Crippen molar-refractivity contribution in [1.82, 2.24) is 15.3 Å². The maximum atomic E-state index is 12.4. The highest BCUT2D eigenvalue weighted by Crippen LogP contribution is 2.19. The Morgan fingerprint density at radius 2 is 1.85 bits per heavy atom. The van der Waals surface area contributed by atoms with E-state index in [4.69, 9.17) is 9.47 Å². The summed E-state index contributed by atoms with van der Waals surface area (Å²) >= 11 is 0. The van der Waals surface area contributed by atoms with Gasteiger partial charge in [-0.3, -0.25) is 4.79 Å². The molecule has 0 atom stereocenters. The lowest BCUT2D eigenvalue weighted by atomic mass is 10.2. The lowest BCUT2D eigenvalue weighted by Gasteiger charge is -2.13. The molecule has 3 rings (SSSR count). The summed E-state index contributed by atoms with van der Waals surface area (Å²) in [5, 5.41) is 6.24. The van der Waals surface area contributed by atoms with Crippen molar-refractivity contribution in [2.75, 3.05) is 25.6 Å². The highest BCUT2D eigenvalue weighted by atomic mass is 16.5. The summed E-state index contributed by atoms with van der Waals surface area (Å²) in [4.78, 5) is 21.0. The summed E-state index contributed by atoms with van der Waals surface area (Å²) in [7, 11) is 1.63. The van der Waals surface area contributed by atoms with E-state index in [0.29, 0.717) is 30.5 Å². The molecule has 1 heterocycles. The summed E-state index contributed by atoms with van der Waals surface area (Å²) in [6, 6.07) is 9.38. The molecule has 0 unspecified atom stereocenters. The number of carbonyl (C=O) groups is 1. The van der Waals surface area contributed by atoms with E-state index >= 15 is 0 Å². The molecule has 2 aromatic rings. The molecular formula is C20H26N4O3. The zero-order chi connectivity index (χ0) is 19.1. The smallest absolute Gasteiger partial charge is 0.270 e. The lowest BCUT2D eigenvalue weighted by Crippen LogP contribution is -2.33. The molecule has 0 spiro atoms. The zero-order valence-electron chi connectivity index (χ0n) is 15.8. The number of rotatable bonds is 8. The largest absolute Gasteiger partial charge is 0.497 e. The van der Waals surface area contributed by atoms with Crippen LogP contribution >= 0.6 is 0 Å². The van der Waals surface area contributed by atoms with Crippen LogP contribution in [0.4, 0.5) is 5.82 Å². The first-order valence-corrected chi connectivity index (χ1v) is 9.31. The van der Waals surface area contributed by atoms with Crippen molar-refractivity contribution in [3.63, 3.8) is 0 Å². The predicted molar refractivity (Wildman–Crippen MR) is 103 cm³/mol. The molecule has 1 aromatic carbocycles. The normalized spacial score (nSPS) is 14.0. The first kappa shape index (κ1) is 18.9. The fourth-order valence-corrected chi connectivity index (χ4v) is 3.12. The van der Waals surface area contributed by atoms with Gasteiger partial charge in [0.1, 0.15) is 35.4 Å². The van der Waals surface area contributed by atoms with Crippen LogP contribution in [0.3, 0.4) is 0 Å². The molecule has 0 saturated heterocycles. The molecule has 1 amide bonds. The number of amides is 1. The number of carbonyl (C=O) groups excluding carboxylic acids is 1. The minimum atomic E-state index is -0.134. The first-order valence-electron chi connectivity index (χ1n) is 9.31. The van der Waals surface area contributed by atoms with Crippen molar-refractivity contribution in [2.24, 2.45) is 0 Å². The zero-order valence-corrected chi connectivity index (χ0v) is 15.8. The van der Waals surface area contributed by atoms with E-state index in [2.05, 4.69) is 20.6 Å². The molecular weight excluding hydrogens is 344 g/mol. The monoisotopic (exact) mass is 370 g/mol. The molecule has 144 valence electrons. The van der Waals surface area contributed by atoms with Gasteiger partial charge in [-0.25, -0.2) is 9.97 Å². The average Bonchev–Trinajstić information content (AvgIpc) is 3.18. The molecule has 7 nitrogen and oxygen atoms in total. The van der Waals surface area contributed by atoms with Gasteiger partial charge in [0.25, 0.3) is 5.91 Å². The van der Waals surface area contributed by atoms with Gasteiger partial charge in [0.15, 0.2) is 0 Å². The van der Waals surface area contributed by atoms with Crippen LogP contribution in [-0.2, 0) is 0 Å². The number of nitrogens with one attached hydrogen (secondary N) is 2. The van der Waals surface area contributed by atoms with Crippen LogP contribution in [0.1, 0.15) is 42.0 Å². The Balaban J connectivity index is 1.50. The molecule has 7 heteroatoms. The standard InChI is InChI=1S/C20H26N4O3/c1-14-22-18(20(25)24-15-5-3-4-6-15)13-19(23-14)21-11-12-27-17-9-7-16(26-2)8-10-17/h7-10,13,15H,3-6,11-12H2,1-2H3,(H,24,25)(H,21,22,23). The second-order valence-electron chi connectivity index (χ2n) is 6.59. The van der Waals surface area contributed by atoms with E-state index in [1.807, 2.05) is 24.3 Å². The molecule has 2 N–H and O–H groups in total. The Bertz CT molecular complexity index is 758. The van der Waals surface area contributed by atoms with Gasteiger partial charge >= 0.3 is 0 Å². The van der Waals surface area contributed by atoms with Crippen LogP contribution in [0, 0.1) is 6.92 Å². The fraction of sp³-hybridized carbons (Fsp3) is 0.450. The number of benzene rings is 1.